The fourth-order valence-corrected chi connectivity index (χ4v) is 3.69. The number of benzene rings is 3. The van der Waals surface area contributed by atoms with Crippen molar-refractivity contribution in [2.24, 2.45) is 0 Å². The van der Waals surface area contributed by atoms with E-state index in [0.717, 1.165) is 11.1 Å². The maximum Gasteiger partial charge on any atom is 0.266 e. The Morgan fingerprint density at radius 1 is 0.857 bits per heavy atom. The topological polar surface area (TPSA) is 34.9 Å². The lowest BCUT2D eigenvalue weighted by molar-refractivity contribution is 0.944. The van der Waals surface area contributed by atoms with Crippen molar-refractivity contribution in [3.8, 4) is 5.69 Å². The summed E-state index contributed by atoms with van der Waals surface area (Å²) in [5.41, 5.74) is 3.01. The van der Waals surface area contributed by atoms with Crippen LogP contribution in [0.4, 0.5) is 0 Å². The highest BCUT2D eigenvalue weighted by molar-refractivity contribution is 6.37. The van der Waals surface area contributed by atoms with E-state index < -0.39 is 0 Å². The van der Waals surface area contributed by atoms with Crippen LogP contribution in [0.2, 0.25) is 10.0 Å². The maximum atomic E-state index is 13.3. The van der Waals surface area contributed by atoms with E-state index in [1.54, 1.807) is 24.3 Å². The van der Waals surface area contributed by atoms with Crippen LogP contribution in [0.15, 0.2) is 71.5 Å². The third-order valence-corrected chi connectivity index (χ3v) is 5.17. The Hall–Kier alpha value is -2.88. The average Bonchev–Trinajstić information content (AvgIpc) is 2.69. The van der Waals surface area contributed by atoms with Crippen LogP contribution in [-0.4, -0.2) is 9.55 Å². The van der Waals surface area contributed by atoms with Gasteiger partial charge >= 0.3 is 0 Å². The number of aromatic nitrogens is 2. The van der Waals surface area contributed by atoms with Gasteiger partial charge in [0.25, 0.3) is 5.56 Å². The molecular formula is C23H16Cl2N2O. The van der Waals surface area contributed by atoms with Crippen LogP contribution in [0.1, 0.15) is 17.0 Å². The normalized spacial score (nSPS) is 11.4. The second-order valence-corrected chi connectivity index (χ2v) is 7.20. The highest BCUT2D eigenvalue weighted by Crippen LogP contribution is 2.29. The Bertz CT molecular complexity index is 1260. The van der Waals surface area contributed by atoms with E-state index in [9.17, 15) is 4.79 Å². The van der Waals surface area contributed by atoms with E-state index in [4.69, 9.17) is 28.2 Å². The fourth-order valence-electron chi connectivity index (χ4n) is 3.12. The van der Waals surface area contributed by atoms with E-state index in [1.807, 2.05) is 61.5 Å². The molecular weight excluding hydrogens is 391 g/mol. The van der Waals surface area contributed by atoms with E-state index in [2.05, 4.69) is 0 Å². The van der Waals surface area contributed by atoms with Crippen molar-refractivity contribution >= 4 is 46.3 Å². The third-order valence-electron chi connectivity index (χ3n) is 4.56. The smallest absolute Gasteiger partial charge is 0.266 e. The zero-order valence-corrected chi connectivity index (χ0v) is 16.6. The Labute approximate surface area is 172 Å². The van der Waals surface area contributed by atoms with Crippen LogP contribution in [0.3, 0.4) is 0 Å². The van der Waals surface area contributed by atoms with Gasteiger partial charge < -0.3 is 0 Å². The van der Waals surface area contributed by atoms with Gasteiger partial charge in [-0.1, -0.05) is 71.7 Å². The predicted octanol–water partition coefficient (Wildman–Crippen LogP) is 6.17. The zero-order valence-electron chi connectivity index (χ0n) is 15.1. The van der Waals surface area contributed by atoms with Crippen molar-refractivity contribution in [2.75, 3.05) is 0 Å². The van der Waals surface area contributed by atoms with Crippen molar-refractivity contribution in [3.63, 3.8) is 0 Å². The van der Waals surface area contributed by atoms with E-state index in [0.29, 0.717) is 32.5 Å². The molecule has 138 valence electrons. The first-order chi connectivity index (χ1) is 13.6. The van der Waals surface area contributed by atoms with Crippen LogP contribution in [0.5, 0.6) is 0 Å². The summed E-state index contributed by atoms with van der Waals surface area (Å²) in [6, 6.07) is 20.4. The van der Waals surface area contributed by atoms with Crippen molar-refractivity contribution in [2.45, 2.75) is 6.92 Å². The third kappa shape index (κ3) is 3.35. The lowest BCUT2D eigenvalue weighted by atomic mass is 10.1. The van der Waals surface area contributed by atoms with Gasteiger partial charge in [-0.15, -0.1) is 0 Å². The summed E-state index contributed by atoms with van der Waals surface area (Å²) >= 11 is 12.8. The number of para-hydroxylation sites is 2. The Morgan fingerprint density at radius 2 is 1.54 bits per heavy atom. The largest absolute Gasteiger partial charge is 0.268 e. The molecule has 0 fully saturated rings. The molecule has 0 aliphatic heterocycles. The molecule has 3 nitrogen and oxygen atoms in total. The summed E-state index contributed by atoms with van der Waals surface area (Å²) in [6.45, 7) is 2.03. The minimum absolute atomic E-state index is 0.218. The van der Waals surface area contributed by atoms with Crippen molar-refractivity contribution in [1.82, 2.24) is 9.55 Å². The van der Waals surface area contributed by atoms with Gasteiger partial charge in [-0.25, -0.2) is 4.98 Å². The summed E-state index contributed by atoms with van der Waals surface area (Å²) in [5, 5.41) is 1.28. The molecule has 0 unspecified atom stereocenters. The molecule has 1 heterocycles. The lowest BCUT2D eigenvalue weighted by Gasteiger charge is -2.14. The van der Waals surface area contributed by atoms with Crippen LogP contribution in [0, 0.1) is 6.92 Å². The van der Waals surface area contributed by atoms with E-state index in [-0.39, 0.29) is 5.56 Å². The van der Waals surface area contributed by atoms with Crippen LogP contribution >= 0.6 is 23.2 Å². The molecule has 0 bridgehead atoms. The minimum Gasteiger partial charge on any atom is -0.268 e. The molecule has 0 saturated carbocycles. The summed E-state index contributed by atoms with van der Waals surface area (Å²) in [7, 11) is 0. The van der Waals surface area contributed by atoms with Crippen LogP contribution in [-0.2, 0) is 0 Å². The van der Waals surface area contributed by atoms with Gasteiger partial charge in [0.15, 0.2) is 0 Å². The molecule has 28 heavy (non-hydrogen) atoms. The summed E-state index contributed by atoms with van der Waals surface area (Å²) < 4.78 is 1.47. The summed E-state index contributed by atoms with van der Waals surface area (Å²) in [4.78, 5) is 18.0. The molecule has 4 rings (SSSR count). The van der Waals surface area contributed by atoms with Gasteiger partial charge in [0.2, 0.25) is 0 Å². The van der Waals surface area contributed by atoms with Gasteiger partial charge in [0, 0.05) is 0 Å². The molecule has 0 amide bonds. The number of rotatable bonds is 3. The number of halogens is 2. The number of nitrogens with zero attached hydrogens (tertiary/aromatic N) is 2. The van der Waals surface area contributed by atoms with Crippen molar-refractivity contribution < 1.29 is 0 Å². The SMILES string of the molecule is Cc1ccccc1C=Cc1nc2ccccc2c(=O)n1-c1c(Cl)cccc1Cl. The molecule has 4 aromatic rings. The highest BCUT2D eigenvalue weighted by atomic mass is 35.5. The van der Waals surface area contributed by atoms with E-state index in [1.165, 1.54) is 4.57 Å². The molecule has 0 spiro atoms. The number of aryl methyl sites for hydroxylation is 1. The van der Waals surface area contributed by atoms with Crippen molar-refractivity contribution in [3.05, 3.63) is 104 Å². The quantitative estimate of drug-likeness (QED) is 0.407. The maximum absolute atomic E-state index is 13.3. The molecule has 0 aliphatic rings. The highest BCUT2D eigenvalue weighted by Gasteiger charge is 2.16. The summed E-state index contributed by atoms with van der Waals surface area (Å²) in [6.07, 6.45) is 3.75. The standard InChI is InChI=1S/C23H16Cl2N2O/c1-15-7-2-3-8-16(15)13-14-21-26-20-12-5-4-9-17(20)23(28)27(21)22-18(24)10-6-11-19(22)25/h2-14H,1H3. The zero-order chi connectivity index (χ0) is 19.7. The molecule has 3 aromatic carbocycles. The van der Waals surface area contributed by atoms with Gasteiger partial charge in [0.1, 0.15) is 5.82 Å². The van der Waals surface area contributed by atoms with Gasteiger partial charge in [-0.3, -0.25) is 9.36 Å². The molecule has 0 N–H and O–H groups in total. The molecule has 5 heteroatoms. The summed E-state index contributed by atoms with van der Waals surface area (Å²) in [5.74, 6) is 0.460. The second kappa shape index (κ2) is 7.63. The Morgan fingerprint density at radius 3 is 2.29 bits per heavy atom. The van der Waals surface area contributed by atoms with Crippen LogP contribution in [0.25, 0.3) is 28.7 Å². The second-order valence-electron chi connectivity index (χ2n) is 6.39. The number of hydrogen-bond acceptors (Lipinski definition) is 2. The monoisotopic (exact) mass is 406 g/mol. The Kier molecular flexibility index (Phi) is 5.03. The van der Waals surface area contributed by atoms with Gasteiger partial charge in [-0.05, 0) is 48.4 Å². The molecule has 0 atom stereocenters. The minimum atomic E-state index is -0.218. The first-order valence-corrected chi connectivity index (χ1v) is 9.52. The van der Waals surface area contributed by atoms with Crippen LogP contribution < -0.4 is 5.56 Å². The number of hydrogen-bond donors (Lipinski definition) is 0. The lowest BCUT2D eigenvalue weighted by Crippen LogP contribution is -2.23. The van der Waals surface area contributed by atoms with Gasteiger partial charge in [-0.2, -0.15) is 0 Å². The number of fused-ring (bicyclic) bond motifs is 1. The first kappa shape index (κ1) is 18.5. The average molecular weight is 407 g/mol. The first-order valence-electron chi connectivity index (χ1n) is 8.76. The molecule has 0 saturated heterocycles. The van der Waals surface area contributed by atoms with Gasteiger partial charge in [0.05, 0.1) is 26.6 Å². The van der Waals surface area contributed by atoms with Crippen molar-refractivity contribution in [1.29, 1.82) is 0 Å². The predicted molar refractivity (Wildman–Crippen MR) is 117 cm³/mol. The molecule has 1 aromatic heterocycles. The fraction of sp³-hybridized carbons (Fsp3) is 0.0435. The molecule has 0 aliphatic carbocycles. The Balaban J connectivity index is 2.02. The van der Waals surface area contributed by atoms with E-state index >= 15 is 0 Å². The molecule has 0 radical (unpaired) electrons.